The van der Waals surface area contributed by atoms with Gasteiger partial charge in [0.05, 0.1) is 11.1 Å². The highest BCUT2D eigenvalue weighted by atomic mass is 19.4. The fourth-order valence-electron chi connectivity index (χ4n) is 3.75. The standard InChI is InChI=1S/C24H28F6/c1-21(2,3)15-18-10-9-17(12-20(18)24(28,29)30)14-22(4,5)13-16-7-6-8-19(11-16)23(25,26)27/h6-12H,13-15H2,1-5H3. The Morgan fingerprint density at radius 3 is 1.70 bits per heavy atom. The van der Waals surface area contributed by atoms with Gasteiger partial charge in [-0.2, -0.15) is 26.3 Å². The Labute approximate surface area is 174 Å². The molecule has 0 atom stereocenters. The van der Waals surface area contributed by atoms with Crippen molar-refractivity contribution in [2.45, 2.75) is 66.2 Å². The molecule has 0 fully saturated rings. The average molecular weight is 430 g/mol. The monoisotopic (exact) mass is 430 g/mol. The quantitative estimate of drug-likeness (QED) is 0.420. The number of benzene rings is 2. The third-order valence-electron chi connectivity index (χ3n) is 4.82. The van der Waals surface area contributed by atoms with Crippen LogP contribution >= 0.6 is 0 Å². The Kier molecular flexibility index (Phi) is 6.70. The molecule has 0 aliphatic carbocycles. The van der Waals surface area contributed by atoms with Crippen LogP contribution in [0.25, 0.3) is 0 Å². The molecular weight excluding hydrogens is 402 g/mol. The summed E-state index contributed by atoms with van der Waals surface area (Å²) in [7, 11) is 0. The summed E-state index contributed by atoms with van der Waals surface area (Å²) in [5.74, 6) is 0. The van der Waals surface area contributed by atoms with Gasteiger partial charge in [-0.3, -0.25) is 0 Å². The van der Waals surface area contributed by atoms with E-state index in [1.54, 1.807) is 12.1 Å². The molecule has 0 unspecified atom stereocenters. The van der Waals surface area contributed by atoms with Gasteiger partial charge in [0, 0.05) is 0 Å². The molecule has 0 bridgehead atoms. The molecule has 2 rings (SSSR count). The van der Waals surface area contributed by atoms with Crippen LogP contribution < -0.4 is 0 Å². The molecule has 6 heteroatoms. The van der Waals surface area contributed by atoms with E-state index in [4.69, 9.17) is 0 Å². The second-order valence-corrected chi connectivity index (χ2v) is 9.94. The number of alkyl halides is 6. The molecule has 0 spiro atoms. The second kappa shape index (κ2) is 8.27. The minimum atomic E-state index is -4.46. The molecule has 166 valence electrons. The van der Waals surface area contributed by atoms with Gasteiger partial charge in [-0.15, -0.1) is 0 Å². The molecule has 0 aliphatic rings. The zero-order valence-electron chi connectivity index (χ0n) is 17.9. The number of halogens is 6. The number of hydrogen-bond donors (Lipinski definition) is 0. The minimum absolute atomic E-state index is 0.259. The lowest BCUT2D eigenvalue weighted by Crippen LogP contribution is -2.20. The molecule has 0 aliphatic heterocycles. The highest BCUT2D eigenvalue weighted by Crippen LogP contribution is 2.37. The summed E-state index contributed by atoms with van der Waals surface area (Å²) < 4.78 is 79.8. The Hall–Kier alpha value is -1.98. The molecule has 0 saturated heterocycles. The van der Waals surface area contributed by atoms with Gasteiger partial charge in [-0.1, -0.05) is 65.0 Å². The van der Waals surface area contributed by atoms with E-state index in [1.807, 2.05) is 34.6 Å². The highest BCUT2D eigenvalue weighted by molar-refractivity contribution is 5.36. The van der Waals surface area contributed by atoms with Crippen LogP contribution in [0.5, 0.6) is 0 Å². The van der Waals surface area contributed by atoms with Crippen LogP contribution in [-0.4, -0.2) is 0 Å². The normalized spacial score (nSPS) is 13.6. The summed E-state index contributed by atoms with van der Waals surface area (Å²) in [6, 6.07) is 9.51. The van der Waals surface area contributed by atoms with Crippen molar-refractivity contribution in [3.63, 3.8) is 0 Å². The van der Waals surface area contributed by atoms with Crippen LogP contribution in [-0.2, 0) is 31.6 Å². The molecule has 0 saturated carbocycles. The smallest absolute Gasteiger partial charge is 0.166 e. The van der Waals surface area contributed by atoms with Gasteiger partial charge in [0.1, 0.15) is 0 Å². The van der Waals surface area contributed by atoms with E-state index in [1.165, 1.54) is 18.2 Å². The van der Waals surface area contributed by atoms with Gasteiger partial charge in [0.2, 0.25) is 0 Å². The van der Waals surface area contributed by atoms with E-state index in [-0.39, 0.29) is 11.0 Å². The first kappa shape index (κ1) is 24.3. The predicted molar refractivity (Wildman–Crippen MR) is 107 cm³/mol. The zero-order valence-corrected chi connectivity index (χ0v) is 17.9. The maximum atomic E-state index is 13.6. The summed E-state index contributed by atoms with van der Waals surface area (Å²) in [4.78, 5) is 0. The molecule has 0 heterocycles. The van der Waals surface area contributed by atoms with E-state index >= 15 is 0 Å². The van der Waals surface area contributed by atoms with E-state index in [0.717, 1.165) is 12.1 Å². The topological polar surface area (TPSA) is 0 Å². The summed E-state index contributed by atoms with van der Waals surface area (Å²) in [5, 5.41) is 0. The lowest BCUT2D eigenvalue weighted by molar-refractivity contribution is -0.138. The Bertz CT molecular complexity index is 866. The van der Waals surface area contributed by atoms with Crippen LogP contribution in [0.15, 0.2) is 42.5 Å². The third kappa shape index (κ3) is 7.06. The first-order valence-electron chi connectivity index (χ1n) is 9.81. The van der Waals surface area contributed by atoms with Crippen molar-refractivity contribution in [3.05, 3.63) is 70.3 Å². The van der Waals surface area contributed by atoms with E-state index < -0.39 is 28.9 Å². The second-order valence-electron chi connectivity index (χ2n) is 9.94. The molecule has 30 heavy (non-hydrogen) atoms. The Morgan fingerprint density at radius 2 is 1.20 bits per heavy atom. The molecule has 0 N–H and O–H groups in total. The lowest BCUT2D eigenvalue weighted by Gasteiger charge is -2.27. The molecule has 2 aromatic rings. The predicted octanol–water partition coefficient (Wildman–Crippen LogP) is 8.12. The molecule has 0 aromatic heterocycles. The van der Waals surface area contributed by atoms with E-state index in [2.05, 4.69) is 0 Å². The maximum Gasteiger partial charge on any atom is 0.416 e. The molecule has 0 radical (unpaired) electrons. The fraction of sp³-hybridized carbons (Fsp3) is 0.500. The van der Waals surface area contributed by atoms with Crippen LogP contribution in [0.1, 0.15) is 62.4 Å². The summed E-state index contributed by atoms with van der Waals surface area (Å²) in [6.45, 7) is 9.37. The van der Waals surface area contributed by atoms with Crippen molar-refractivity contribution in [2.75, 3.05) is 0 Å². The van der Waals surface area contributed by atoms with Crippen molar-refractivity contribution in [1.29, 1.82) is 0 Å². The molecule has 2 aromatic carbocycles. The van der Waals surface area contributed by atoms with Gasteiger partial charge in [0.15, 0.2) is 0 Å². The van der Waals surface area contributed by atoms with Crippen molar-refractivity contribution in [3.8, 4) is 0 Å². The first-order chi connectivity index (χ1) is 13.5. The maximum absolute atomic E-state index is 13.6. The molecule has 0 nitrogen and oxygen atoms in total. The van der Waals surface area contributed by atoms with E-state index in [0.29, 0.717) is 30.4 Å². The first-order valence-corrected chi connectivity index (χ1v) is 9.81. The summed E-state index contributed by atoms with van der Waals surface area (Å²) in [5.41, 5.74) is -0.865. The largest absolute Gasteiger partial charge is 0.416 e. The van der Waals surface area contributed by atoms with Crippen LogP contribution in [0, 0.1) is 10.8 Å². The average Bonchev–Trinajstić information content (AvgIpc) is 2.52. The fourth-order valence-corrected chi connectivity index (χ4v) is 3.75. The lowest BCUT2D eigenvalue weighted by atomic mass is 9.79. The van der Waals surface area contributed by atoms with Crippen molar-refractivity contribution >= 4 is 0 Å². The van der Waals surface area contributed by atoms with Gasteiger partial charge < -0.3 is 0 Å². The third-order valence-corrected chi connectivity index (χ3v) is 4.82. The summed E-state index contributed by atoms with van der Waals surface area (Å²) in [6.07, 6.45) is -7.94. The van der Waals surface area contributed by atoms with Crippen LogP contribution in [0.4, 0.5) is 26.3 Å². The Morgan fingerprint density at radius 1 is 0.633 bits per heavy atom. The molecule has 0 amide bonds. The Balaban J connectivity index is 2.28. The van der Waals surface area contributed by atoms with Crippen LogP contribution in [0.3, 0.4) is 0 Å². The number of rotatable bonds is 5. The highest BCUT2D eigenvalue weighted by Gasteiger charge is 2.35. The van der Waals surface area contributed by atoms with Crippen molar-refractivity contribution in [1.82, 2.24) is 0 Å². The minimum Gasteiger partial charge on any atom is -0.166 e. The van der Waals surface area contributed by atoms with Gasteiger partial charge in [0.25, 0.3) is 0 Å². The van der Waals surface area contributed by atoms with E-state index in [9.17, 15) is 26.3 Å². The van der Waals surface area contributed by atoms with Gasteiger partial charge >= 0.3 is 12.4 Å². The van der Waals surface area contributed by atoms with Crippen molar-refractivity contribution in [2.24, 2.45) is 10.8 Å². The van der Waals surface area contributed by atoms with Gasteiger partial charge in [-0.05, 0) is 58.9 Å². The summed E-state index contributed by atoms with van der Waals surface area (Å²) >= 11 is 0. The van der Waals surface area contributed by atoms with Crippen LogP contribution in [0.2, 0.25) is 0 Å². The number of hydrogen-bond acceptors (Lipinski definition) is 0. The van der Waals surface area contributed by atoms with Crippen molar-refractivity contribution < 1.29 is 26.3 Å². The SMILES string of the molecule is CC(C)(C)Cc1ccc(CC(C)(C)Cc2cccc(C(F)(F)F)c2)cc1C(F)(F)F. The van der Waals surface area contributed by atoms with Gasteiger partial charge in [-0.25, -0.2) is 0 Å². The zero-order chi connectivity index (χ0) is 23.0. The molecular formula is C24H28F6.